The molecule has 0 saturated carbocycles. The Bertz CT molecular complexity index is 1240. The number of Topliss-reactive ketones (excluding diaryl/α,β-unsaturated/α-hetero) is 2. The summed E-state index contributed by atoms with van der Waals surface area (Å²) in [5.74, 6) is -4.59. The Balaban J connectivity index is 1.74. The molecule has 1 amide bonds. The molecule has 220 valence electrons. The molecule has 0 bridgehead atoms. The topological polar surface area (TPSA) is 171 Å². The predicted octanol–water partition coefficient (Wildman–Crippen LogP) is -0.505. The van der Waals surface area contributed by atoms with Gasteiger partial charge in [0.25, 0.3) is 5.91 Å². The summed E-state index contributed by atoms with van der Waals surface area (Å²) in [6.07, 6.45) is 0.491. The van der Waals surface area contributed by atoms with Gasteiger partial charge in [0.15, 0.2) is 11.4 Å². The number of ketones is 2. The Hall–Kier alpha value is -3.19. The SMILES string of the molecule is CN1CCN(c2cc(N(C)C)c3c(c2O)C(=O)C[C@H](C[C@H]2[C@H](N(C)C)C(O)=C(C(N)=O)C(=O)[C@@]2(O)CO)C3)CC1. The van der Waals surface area contributed by atoms with Gasteiger partial charge in [0.05, 0.1) is 23.9 Å². The average molecular weight is 560 g/mol. The number of phenolic OH excluding ortho intramolecular Hbond substituents is 1. The van der Waals surface area contributed by atoms with Gasteiger partial charge >= 0.3 is 0 Å². The zero-order chi connectivity index (χ0) is 29.7. The number of fused-ring (bicyclic) bond motifs is 1. The molecule has 4 atom stereocenters. The maximum Gasteiger partial charge on any atom is 0.255 e. The molecule has 3 aliphatic rings. The van der Waals surface area contributed by atoms with Crippen molar-refractivity contribution in [3.8, 4) is 5.75 Å². The summed E-state index contributed by atoms with van der Waals surface area (Å²) in [6.45, 7) is 2.13. The number of nitrogens with two attached hydrogens (primary N) is 1. The fourth-order valence-electron chi connectivity index (χ4n) is 6.59. The molecule has 40 heavy (non-hydrogen) atoms. The number of aliphatic hydroxyl groups is 3. The first-order valence-electron chi connectivity index (χ1n) is 13.5. The van der Waals surface area contributed by atoms with Gasteiger partial charge in [0.2, 0.25) is 5.78 Å². The number of carbonyl (C=O) groups is 3. The van der Waals surface area contributed by atoms with E-state index in [0.717, 1.165) is 31.9 Å². The van der Waals surface area contributed by atoms with E-state index < -0.39 is 47.2 Å². The first kappa shape index (κ1) is 29.8. The maximum absolute atomic E-state index is 13.6. The smallest absolute Gasteiger partial charge is 0.255 e. The van der Waals surface area contributed by atoms with Crippen LogP contribution in [0, 0.1) is 11.8 Å². The van der Waals surface area contributed by atoms with E-state index in [-0.39, 0.29) is 35.9 Å². The monoisotopic (exact) mass is 559 g/mol. The third-order valence-corrected chi connectivity index (χ3v) is 8.72. The highest BCUT2D eigenvalue weighted by molar-refractivity contribution is 6.23. The lowest BCUT2D eigenvalue weighted by molar-refractivity contribution is -0.155. The van der Waals surface area contributed by atoms with Crippen LogP contribution in [0.3, 0.4) is 0 Å². The van der Waals surface area contributed by atoms with E-state index in [1.807, 2.05) is 32.1 Å². The first-order valence-corrected chi connectivity index (χ1v) is 13.5. The van der Waals surface area contributed by atoms with Crippen LogP contribution < -0.4 is 15.5 Å². The van der Waals surface area contributed by atoms with Crippen molar-refractivity contribution in [1.82, 2.24) is 9.80 Å². The Morgan fingerprint density at radius 1 is 1.10 bits per heavy atom. The lowest BCUT2D eigenvalue weighted by Gasteiger charge is -2.46. The Kier molecular flexibility index (Phi) is 8.19. The van der Waals surface area contributed by atoms with E-state index in [9.17, 15) is 34.8 Å². The van der Waals surface area contributed by atoms with Gasteiger partial charge in [-0.2, -0.15) is 0 Å². The lowest BCUT2D eigenvalue weighted by Crippen LogP contribution is -2.62. The molecule has 1 heterocycles. The Labute approximate surface area is 234 Å². The fraction of sp³-hybridized carbons (Fsp3) is 0.607. The summed E-state index contributed by atoms with van der Waals surface area (Å²) in [7, 11) is 9.01. The van der Waals surface area contributed by atoms with Crippen LogP contribution in [0.1, 0.15) is 28.8 Å². The highest BCUT2D eigenvalue weighted by atomic mass is 16.3. The highest BCUT2D eigenvalue weighted by Gasteiger charge is 2.56. The Morgan fingerprint density at radius 2 is 1.73 bits per heavy atom. The van der Waals surface area contributed by atoms with Gasteiger partial charge in [-0.15, -0.1) is 0 Å². The second-order valence-corrected chi connectivity index (χ2v) is 11.8. The summed E-state index contributed by atoms with van der Waals surface area (Å²) in [5, 5.41) is 43.8. The van der Waals surface area contributed by atoms with Crippen molar-refractivity contribution < 1.29 is 34.8 Å². The van der Waals surface area contributed by atoms with Crippen LogP contribution in [-0.2, 0) is 16.0 Å². The van der Waals surface area contributed by atoms with Gasteiger partial charge in [-0.25, -0.2) is 0 Å². The quantitative estimate of drug-likeness (QED) is 0.273. The minimum Gasteiger partial charge on any atom is -0.510 e. The second kappa shape index (κ2) is 11.0. The maximum atomic E-state index is 13.6. The van der Waals surface area contributed by atoms with Gasteiger partial charge in [-0.05, 0) is 51.5 Å². The van der Waals surface area contributed by atoms with Crippen molar-refractivity contribution >= 4 is 28.8 Å². The van der Waals surface area contributed by atoms with Crippen molar-refractivity contribution in [3.63, 3.8) is 0 Å². The standard InChI is InChI=1S/C28H41N5O7/c1-30(2)18-13-19(33-8-6-32(5)7-9-33)24(36)21-16(18)10-15(12-20(21)35)11-17-23(31(3)4)25(37)22(27(29)39)26(38)28(17,40)14-34/h13,15,17,23,34,36-37,40H,6-12,14H2,1-5H3,(H2,29,39)/t15-,17-,23-,28+/m0/s1. The molecule has 1 aliphatic heterocycles. The number of aromatic hydroxyl groups is 1. The number of piperazine rings is 1. The number of benzene rings is 1. The lowest BCUT2D eigenvalue weighted by atomic mass is 9.65. The number of carbonyl (C=O) groups excluding carboxylic acids is 3. The molecular weight excluding hydrogens is 518 g/mol. The number of nitrogens with zero attached hydrogens (tertiary/aromatic N) is 4. The third kappa shape index (κ3) is 4.93. The van der Waals surface area contributed by atoms with Gasteiger partial charge in [0, 0.05) is 58.3 Å². The summed E-state index contributed by atoms with van der Waals surface area (Å²) >= 11 is 0. The summed E-state index contributed by atoms with van der Waals surface area (Å²) < 4.78 is 0. The Morgan fingerprint density at radius 3 is 2.25 bits per heavy atom. The number of likely N-dealkylation sites (N-methyl/N-ethyl adjacent to an activating group) is 2. The molecular formula is C28H41N5O7. The van der Waals surface area contributed by atoms with Crippen molar-refractivity contribution in [1.29, 1.82) is 0 Å². The average Bonchev–Trinajstić information content (AvgIpc) is 2.87. The molecule has 4 rings (SSSR count). The highest BCUT2D eigenvalue weighted by Crippen LogP contribution is 2.47. The van der Waals surface area contributed by atoms with Crippen LogP contribution in [-0.4, -0.2) is 127 Å². The summed E-state index contributed by atoms with van der Waals surface area (Å²) in [5.41, 5.74) is 4.62. The van der Waals surface area contributed by atoms with Crippen LogP contribution in [0.15, 0.2) is 17.4 Å². The van der Waals surface area contributed by atoms with Crippen LogP contribution >= 0.6 is 0 Å². The predicted molar refractivity (Wildman–Crippen MR) is 150 cm³/mol. The number of phenols is 1. The molecule has 1 aromatic carbocycles. The molecule has 12 nitrogen and oxygen atoms in total. The van der Waals surface area contributed by atoms with E-state index in [4.69, 9.17) is 5.73 Å². The molecule has 1 fully saturated rings. The normalized spacial score (nSPS) is 27.8. The molecule has 0 radical (unpaired) electrons. The first-order chi connectivity index (χ1) is 18.7. The van der Waals surface area contributed by atoms with E-state index in [2.05, 4.69) is 9.80 Å². The van der Waals surface area contributed by atoms with Gasteiger partial charge in [0.1, 0.15) is 17.1 Å². The summed E-state index contributed by atoms with van der Waals surface area (Å²) in [4.78, 5) is 46.5. The molecule has 6 N–H and O–H groups in total. The zero-order valence-electron chi connectivity index (χ0n) is 23.8. The number of anilines is 2. The number of aliphatic hydroxyl groups excluding tert-OH is 2. The van der Waals surface area contributed by atoms with Crippen LogP contribution in [0.25, 0.3) is 0 Å². The van der Waals surface area contributed by atoms with Crippen molar-refractivity contribution in [2.45, 2.75) is 30.9 Å². The fourth-order valence-corrected chi connectivity index (χ4v) is 6.59. The van der Waals surface area contributed by atoms with Crippen molar-refractivity contribution in [3.05, 3.63) is 28.5 Å². The van der Waals surface area contributed by atoms with Gasteiger partial charge < -0.3 is 40.9 Å². The van der Waals surface area contributed by atoms with Gasteiger partial charge in [-0.3, -0.25) is 19.3 Å². The minimum absolute atomic E-state index is 0.0360. The van der Waals surface area contributed by atoms with E-state index in [0.29, 0.717) is 17.7 Å². The molecule has 1 aromatic rings. The second-order valence-electron chi connectivity index (χ2n) is 11.8. The van der Waals surface area contributed by atoms with Crippen LogP contribution in [0.5, 0.6) is 5.75 Å². The molecule has 0 unspecified atom stereocenters. The third-order valence-electron chi connectivity index (χ3n) is 8.72. The molecule has 12 heteroatoms. The molecule has 2 aliphatic carbocycles. The molecule has 1 saturated heterocycles. The largest absolute Gasteiger partial charge is 0.510 e. The van der Waals surface area contributed by atoms with Gasteiger partial charge in [-0.1, -0.05) is 0 Å². The number of amides is 1. The number of rotatable bonds is 7. The molecule has 0 spiro atoms. The zero-order valence-corrected chi connectivity index (χ0v) is 23.8. The van der Waals surface area contributed by atoms with Crippen LogP contribution in [0.4, 0.5) is 11.4 Å². The van der Waals surface area contributed by atoms with Crippen LogP contribution in [0.2, 0.25) is 0 Å². The van der Waals surface area contributed by atoms with E-state index in [1.54, 1.807) is 19.0 Å². The van der Waals surface area contributed by atoms with Crippen molar-refractivity contribution in [2.24, 2.45) is 17.6 Å². The van der Waals surface area contributed by atoms with E-state index >= 15 is 0 Å². The number of hydrogen-bond acceptors (Lipinski definition) is 11. The minimum atomic E-state index is -2.38. The molecule has 0 aromatic heterocycles. The van der Waals surface area contributed by atoms with Crippen molar-refractivity contribution in [2.75, 3.05) is 77.8 Å². The summed E-state index contributed by atoms with van der Waals surface area (Å²) in [6, 6.07) is 0.898. The number of hydrogen-bond donors (Lipinski definition) is 5. The van der Waals surface area contributed by atoms with E-state index in [1.165, 1.54) is 0 Å². The number of primary amides is 1.